The number of piperidine rings is 1. The molecule has 1 aliphatic rings. The van der Waals surface area contributed by atoms with E-state index in [0.29, 0.717) is 30.1 Å². The molecule has 0 aliphatic carbocycles. The van der Waals surface area contributed by atoms with Crippen molar-refractivity contribution in [1.82, 2.24) is 4.31 Å². The van der Waals surface area contributed by atoms with E-state index in [1.54, 1.807) is 13.0 Å². The fourth-order valence-electron chi connectivity index (χ4n) is 2.18. The summed E-state index contributed by atoms with van der Waals surface area (Å²) in [6.07, 6.45) is 1.28. The van der Waals surface area contributed by atoms with Gasteiger partial charge in [0.25, 0.3) is 10.0 Å². The highest BCUT2D eigenvalue weighted by molar-refractivity contribution is 7.91. The number of ketones is 1. The maximum absolute atomic E-state index is 12.3. The molecule has 0 aromatic carbocycles. The summed E-state index contributed by atoms with van der Waals surface area (Å²) in [6, 6.07) is 3.48. The van der Waals surface area contributed by atoms with Crippen molar-refractivity contribution < 1.29 is 13.2 Å². The van der Waals surface area contributed by atoms with Gasteiger partial charge in [-0.15, -0.1) is 11.3 Å². The van der Waals surface area contributed by atoms with Crippen LogP contribution in [-0.4, -0.2) is 31.6 Å². The molecule has 1 saturated heterocycles. The second-order valence-corrected chi connectivity index (χ2v) is 8.11. The number of carbonyl (C=O) groups is 1. The predicted molar refractivity (Wildman–Crippen MR) is 71.2 cm³/mol. The van der Waals surface area contributed by atoms with Gasteiger partial charge in [0, 0.05) is 23.9 Å². The van der Waals surface area contributed by atoms with Crippen LogP contribution in [0.1, 0.15) is 24.6 Å². The standard InChI is InChI=1S/C12H17NO3S2/c1-9-3-4-12(17-9)18(15,16)13-7-5-11(6-8-13)10(2)14/h3-4,11H,5-8H2,1-2H3. The number of nitrogens with zero attached hydrogens (tertiary/aromatic N) is 1. The Morgan fingerprint density at radius 1 is 1.33 bits per heavy atom. The van der Waals surface area contributed by atoms with E-state index < -0.39 is 10.0 Å². The Bertz CT molecular complexity index is 539. The van der Waals surface area contributed by atoms with Crippen LogP contribution < -0.4 is 0 Å². The molecule has 2 rings (SSSR count). The summed E-state index contributed by atoms with van der Waals surface area (Å²) in [5, 5.41) is 0. The number of rotatable bonds is 3. The molecule has 0 unspecified atom stereocenters. The lowest BCUT2D eigenvalue weighted by molar-refractivity contribution is -0.121. The molecule has 1 aliphatic heterocycles. The minimum absolute atomic E-state index is 0.0292. The minimum Gasteiger partial charge on any atom is -0.300 e. The van der Waals surface area contributed by atoms with E-state index in [0.717, 1.165) is 4.88 Å². The fraction of sp³-hybridized carbons (Fsp3) is 0.583. The lowest BCUT2D eigenvalue weighted by atomic mass is 9.95. The molecule has 6 heteroatoms. The lowest BCUT2D eigenvalue weighted by Gasteiger charge is -2.29. The summed E-state index contributed by atoms with van der Waals surface area (Å²) in [6.45, 7) is 4.37. The molecule has 0 spiro atoms. The normalized spacial score (nSPS) is 19.0. The smallest absolute Gasteiger partial charge is 0.252 e. The Morgan fingerprint density at radius 3 is 2.39 bits per heavy atom. The first-order valence-electron chi connectivity index (χ1n) is 5.98. The Kier molecular flexibility index (Phi) is 3.89. The van der Waals surface area contributed by atoms with Crippen LogP contribution in [0.5, 0.6) is 0 Å². The van der Waals surface area contributed by atoms with Gasteiger partial charge in [-0.3, -0.25) is 4.79 Å². The summed E-state index contributed by atoms with van der Waals surface area (Å²) in [4.78, 5) is 12.3. The van der Waals surface area contributed by atoms with Gasteiger partial charge in [-0.25, -0.2) is 8.42 Å². The molecule has 18 heavy (non-hydrogen) atoms. The molecule has 1 fully saturated rings. The van der Waals surface area contributed by atoms with E-state index in [9.17, 15) is 13.2 Å². The molecule has 0 atom stereocenters. The van der Waals surface area contributed by atoms with Crippen molar-refractivity contribution in [3.8, 4) is 0 Å². The van der Waals surface area contributed by atoms with Gasteiger partial charge in [0.1, 0.15) is 9.99 Å². The zero-order valence-corrected chi connectivity index (χ0v) is 12.2. The zero-order valence-electron chi connectivity index (χ0n) is 10.5. The third-order valence-corrected chi connectivity index (χ3v) is 6.71. The molecule has 100 valence electrons. The third-order valence-electron chi connectivity index (χ3n) is 3.34. The molecule has 1 aromatic heterocycles. The Morgan fingerprint density at radius 2 is 1.94 bits per heavy atom. The average Bonchev–Trinajstić information content (AvgIpc) is 2.76. The fourth-order valence-corrected chi connectivity index (χ4v) is 5.09. The number of aryl methyl sites for hydroxylation is 1. The highest BCUT2D eigenvalue weighted by Crippen LogP contribution is 2.28. The van der Waals surface area contributed by atoms with Crippen molar-refractivity contribution in [2.75, 3.05) is 13.1 Å². The number of sulfonamides is 1. The van der Waals surface area contributed by atoms with Gasteiger partial charge in [-0.1, -0.05) is 0 Å². The van der Waals surface area contributed by atoms with Crippen LogP contribution in [0.15, 0.2) is 16.3 Å². The van der Waals surface area contributed by atoms with Crippen molar-refractivity contribution in [3.63, 3.8) is 0 Å². The molecule has 4 nitrogen and oxygen atoms in total. The molecule has 0 radical (unpaired) electrons. The van der Waals surface area contributed by atoms with E-state index in [2.05, 4.69) is 0 Å². The van der Waals surface area contributed by atoms with E-state index in [4.69, 9.17) is 0 Å². The molecule has 0 bridgehead atoms. The monoisotopic (exact) mass is 287 g/mol. The number of carbonyl (C=O) groups excluding carboxylic acids is 1. The number of Topliss-reactive ketones (excluding diaryl/α,β-unsaturated/α-hetero) is 1. The second kappa shape index (κ2) is 5.11. The van der Waals surface area contributed by atoms with E-state index in [-0.39, 0.29) is 11.7 Å². The summed E-state index contributed by atoms with van der Waals surface area (Å²) in [5.74, 6) is 0.195. The summed E-state index contributed by atoms with van der Waals surface area (Å²) < 4.78 is 26.6. The van der Waals surface area contributed by atoms with Gasteiger partial charge in [-0.2, -0.15) is 4.31 Å². The molecule has 2 heterocycles. The van der Waals surface area contributed by atoms with Crippen LogP contribution in [0.3, 0.4) is 0 Å². The quantitative estimate of drug-likeness (QED) is 0.855. The van der Waals surface area contributed by atoms with Gasteiger partial charge >= 0.3 is 0 Å². The van der Waals surface area contributed by atoms with Crippen LogP contribution in [0, 0.1) is 12.8 Å². The zero-order chi connectivity index (χ0) is 13.3. The first-order valence-corrected chi connectivity index (χ1v) is 8.24. The number of hydrogen-bond donors (Lipinski definition) is 0. The van der Waals surface area contributed by atoms with E-state index in [1.807, 2.05) is 13.0 Å². The maximum Gasteiger partial charge on any atom is 0.252 e. The molecular formula is C12H17NO3S2. The van der Waals surface area contributed by atoms with Crippen molar-refractivity contribution in [2.24, 2.45) is 5.92 Å². The first kappa shape index (κ1) is 13.7. The summed E-state index contributed by atoms with van der Waals surface area (Å²) >= 11 is 1.30. The molecule has 1 aromatic rings. The van der Waals surface area contributed by atoms with Crippen LogP contribution in [-0.2, 0) is 14.8 Å². The Labute approximate surface area is 112 Å². The molecular weight excluding hydrogens is 270 g/mol. The number of hydrogen-bond acceptors (Lipinski definition) is 4. The first-order chi connectivity index (χ1) is 8.41. The van der Waals surface area contributed by atoms with Crippen molar-refractivity contribution >= 4 is 27.1 Å². The van der Waals surface area contributed by atoms with Crippen LogP contribution in [0.2, 0.25) is 0 Å². The summed E-state index contributed by atoms with van der Waals surface area (Å²) in [7, 11) is -3.35. The van der Waals surface area contributed by atoms with E-state index in [1.165, 1.54) is 15.6 Å². The van der Waals surface area contributed by atoms with Gasteiger partial charge < -0.3 is 0 Å². The largest absolute Gasteiger partial charge is 0.300 e. The van der Waals surface area contributed by atoms with Gasteiger partial charge in [-0.05, 0) is 38.8 Å². The molecule has 0 N–H and O–H groups in total. The predicted octanol–water partition coefficient (Wildman–Crippen LogP) is 2.05. The average molecular weight is 287 g/mol. The molecule has 0 saturated carbocycles. The van der Waals surface area contributed by atoms with Gasteiger partial charge in [0.15, 0.2) is 0 Å². The van der Waals surface area contributed by atoms with E-state index >= 15 is 0 Å². The number of thiophene rings is 1. The Hall–Kier alpha value is -0.720. The van der Waals surface area contributed by atoms with Crippen LogP contribution in [0.4, 0.5) is 0 Å². The SMILES string of the molecule is CC(=O)C1CCN(S(=O)(=O)c2ccc(C)s2)CC1. The summed E-state index contributed by atoms with van der Waals surface area (Å²) in [5.41, 5.74) is 0. The second-order valence-electron chi connectivity index (χ2n) is 4.65. The minimum atomic E-state index is -3.35. The van der Waals surface area contributed by atoms with Gasteiger partial charge in [0.2, 0.25) is 0 Å². The topological polar surface area (TPSA) is 54.5 Å². The van der Waals surface area contributed by atoms with Gasteiger partial charge in [0.05, 0.1) is 0 Å². The highest BCUT2D eigenvalue weighted by atomic mass is 32.2. The molecule has 0 amide bonds. The lowest BCUT2D eigenvalue weighted by Crippen LogP contribution is -2.39. The Balaban J connectivity index is 2.12. The van der Waals surface area contributed by atoms with Crippen LogP contribution >= 0.6 is 11.3 Å². The van der Waals surface area contributed by atoms with Crippen LogP contribution in [0.25, 0.3) is 0 Å². The van der Waals surface area contributed by atoms with Crippen molar-refractivity contribution in [3.05, 3.63) is 17.0 Å². The van der Waals surface area contributed by atoms with Crippen molar-refractivity contribution in [1.29, 1.82) is 0 Å². The maximum atomic E-state index is 12.3. The highest BCUT2D eigenvalue weighted by Gasteiger charge is 2.31. The van der Waals surface area contributed by atoms with Crippen molar-refractivity contribution in [2.45, 2.75) is 30.9 Å². The third kappa shape index (κ3) is 2.65.